The number of aromatic nitrogens is 1. The Labute approximate surface area is 91.5 Å². The molecular formula is C12H19N3. The smallest absolute Gasteiger partial charge is 0.0271 e. The van der Waals surface area contributed by atoms with Crippen LogP contribution in [0.15, 0.2) is 24.5 Å². The molecule has 3 heteroatoms. The van der Waals surface area contributed by atoms with E-state index in [-0.39, 0.29) is 0 Å². The predicted octanol–water partition coefficient (Wildman–Crippen LogP) is 1.12. The molecule has 0 amide bonds. The van der Waals surface area contributed by atoms with Crippen LogP contribution in [0, 0.1) is 5.92 Å². The Morgan fingerprint density at radius 3 is 2.93 bits per heavy atom. The highest BCUT2D eigenvalue weighted by Crippen LogP contribution is 2.10. The van der Waals surface area contributed by atoms with Gasteiger partial charge in [-0.05, 0) is 50.2 Å². The van der Waals surface area contributed by atoms with Crippen LogP contribution in [-0.4, -0.2) is 36.6 Å². The van der Waals surface area contributed by atoms with E-state index in [1.54, 1.807) is 0 Å². The van der Waals surface area contributed by atoms with Gasteiger partial charge < -0.3 is 10.2 Å². The van der Waals surface area contributed by atoms with E-state index >= 15 is 0 Å². The molecule has 0 spiro atoms. The maximum atomic E-state index is 4.03. The third-order valence-corrected chi connectivity index (χ3v) is 2.93. The van der Waals surface area contributed by atoms with Gasteiger partial charge in [0, 0.05) is 25.5 Å². The molecule has 15 heavy (non-hydrogen) atoms. The fourth-order valence-electron chi connectivity index (χ4n) is 2.18. The van der Waals surface area contributed by atoms with Crippen molar-refractivity contribution in [2.75, 3.05) is 26.7 Å². The van der Waals surface area contributed by atoms with Gasteiger partial charge in [0.15, 0.2) is 0 Å². The number of nitrogens with one attached hydrogen (secondary N) is 1. The highest BCUT2D eigenvalue weighted by molar-refractivity contribution is 5.09. The van der Waals surface area contributed by atoms with E-state index in [1.807, 2.05) is 12.4 Å². The molecule has 1 fully saturated rings. The SMILES string of the molecule is CN(Cc1ccncc1)C[C@@H]1CCNC1. The van der Waals surface area contributed by atoms with Gasteiger partial charge in [-0.2, -0.15) is 0 Å². The number of hydrogen-bond donors (Lipinski definition) is 1. The molecule has 0 aliphatic carbocycles. The average Bonchev–Trinajstić information content (AvgIpc) is 2.71. The van der Waals surface area contributed by atoms with Crippen LogP contribution in [0.5, 0.6) is 0 Å². The minimum absolute atomic E-state index is 0.830. The quantitative estimate of drug-likeness (QED) is 0.798. The van der Waals surface area contributed by atoms with Crippen molar-refractivity contribution in [2.45, 2.75) is 13.0 Å². The second-order valence-corrected chi connectivity index (χ2v) is 4.41. The molecule has 2 rings (SSSR count). The molecule has 0 aromatic carbocycles. The molecule has 0 saturated carbocycles. The molecule has 1 saturated heterocycles. The van der Waals surface area contributed by atoms with E-state index < -0.39 is 0 Å². The number of nitrogens with zero attached hydrogens (tertiary/aromatic N) is 2. The highest BCUT2D eigenvalue weighted by atomic mass is 15.1. The van der Waals surface area contributed by atoms with E-state index in [4.69, 9.17) is 0 Å². The summed E-state index contributed by atoms with van der Waals surface area (Å²) in [4.78, 5) is 6.42. The van der Waals surface area contributed by atoms with E-state index in [2.05, 4.69) is 34.4 Å². The monoisotopic (exact) mass is 205 g/mol. The van der Waals surface area contributed by atoms with Crippen molar-refractivity contribution in [3.63, 3.8) is 0 Å². The Hall–Kier alpha value is -0.930. The van der Waals surface area contributed by atoms with Gasteiger partial charge in [-0.25, -0.2) is 0 Å². The first kappa shape index (κ1) is 10.6. The minimum Gasteiger partial charge on any atom is -0.316 e. The topological polar surface area (TPSA) is 28.2 Å². The number of rotatable bonds is 4. The molecular weight excluding hydrogens is 186 g/mol. The molecule has 3 nitrogen and oxygen atoms in total. The van der Waals surface area contributed by atoms with Gasteiger partial charge in [0.05, 0.1) is 0 Å². The average molecular weight is 205 g/mol. The largest absolute Gasteiger partial charge is 0.316 e. The second kappa shape index (κ2) is 5.24. The summed E-state index contributed by atoms with van der Waals surface area (Å²) < 4.78 is 0. The lowest BCUT2D eigenvalue weighted by Crippen LogP contribution is -2.26. The van der Waals surface area contributed by atoms with Crippen LogP contribution in [0.1, 0.15) is 12.0 Å². The molecule has 2 heterocycles. The molecule has 0 bridgehead atoms. The Morgan fingerprint density at radius 2 is 2.27 bits per heavy atom. The normalized spacial score (nSPS) is 21.1. The Balaban J connectivity index is 1.79. The predicted molar refractivity (Wildman–Crippen MR) is 61.5 cm³/mol. The summed E-state index contributed by atoms with van der Waals surface area (Å²) in [6.45, 7) is 4.59. The summed E-state index contributed by atoms with van der Waals surface area (Å²) in [6, 6.07) is 4.17. The maximum Gasteiger partial charge on any atom is 0.0271 e. The maximum absolute atomic E-state index is 4.03. The molecule has 1 atom stereocenters. The number of pyridine rings is 1. The fraction of sp³-hybridized carbons (Fsp3) is 0.583. The van der Waals surface area contributed by atoms with Gasteiger partial charge in [-0.1, -0.05) is 0 Å². The van der Waals surface area contributed by atoms with Crippen molar-refractivity contribution in [1.29, 1.82) is 0 Å². The summed E-state index contributed by atoms with van der Waals surface area (Å²) >= 11 is 0. The lowest BCUT2D eigenvalue weighted by Gasteiger charge is -2.20. The molecule has 82 valence electrons. The molecule has 1 aromatic rings. The Bertz CT molecular complexity index is 280. The van der Waals surface area contributed by atoms with Crippen molar-refractivity contribution in [3.05, 3.63) is 30.1 Å². The molecule has 0 radical (unpaired) electrons. The van der Waals surface area contributed by atoms with Crippen LogP contribution >= 0.6 is 0 Å². The van der Waals surface area contributed by atoms with E-state index in [9.17, 15) is 0 Å². The minimum atomic E-state index is 0.830. The van der Waals surface area contributed by atoms with Crippen molar-refractivity contribution in [3.8, 4) is 0 Å². The highest BCUT2D eigenvalue weighted by Gasteiger charge is 2.16. The van der Waals surface area contributed by atoms with Crippen LogP contribution in [0.2, 0.25) is 0 Å². The summed E-state index contributed by atoms with van der Waals surface area (Å²) in [6.07, 6.45) is 5.04. The van der Waals surface area contributed by atoms with Gasteiger partial charge in [-0.3, -0.25) is 4.98 Å². The van der Waals surface area contributed by atoms with Crippen LogP contribution in [0.25, 0.3) is 0 Å². The lowest BCUT2D eigenvalue weighted by atomic mass is 10.1. The summed E-state index contributed by atoms with van der Waals surface area (Å²) in [5, 5.41) is 3.40. The first-order valence-electron chi connectivity index (χ1n) is 5.63. The van der Waals surface area contributed by atoms with Crippen LogP contribution in [0.4, 0.5) is 0 Å². The van der Waals surface area contributed by atoms with Crippen LogP contribution in [-0.2, 0) is 6.54 Å². The first-order valence-corrected chi connectivity index (χ1v) is 5.63. The summed E-state index contributed by atoms with van der Waals surface area (Å²) in [5.74, 6) is 0.830. The van der Waals surface area contributed by atoms with Gasteiger partial charge in [0.2, 0.25) is 0 Å². The molecule has 1 aromatic heterocycles. The van der Waals surface area contributed by atoms with E-state index in [0.717, 1.165) is 12.5 Å². The zero-order valence-corrected chi connectivity index (χ0v) is 9.32. The van der Waals surface area contributed by atoms with Crippen molar-refractivity contribution >= 4 is 0 Å². The second-order valence-electron chi connectivity index (χ2n) is 4.41. The third kappa shape index (κ3) is 3.29. The van der Waals surface area contributed by atoms with Crippen molar-refractivity contribution < 1.29 is 0 Å². The van der Waals surface area contributed by atoms with Crippen LogP contribution in [0.3, 0.4) is 0 Å². The molecule has 0 unspecified atom stereocenters. The number of hydrogen-bond acceptors (Lipinski definition) is 3. The standard InChI is InChI=1S/C12H19N3/c1-15(10-12-4-7-14-8-12)9-11-2-5-13-6-3-11/h2-3,5-6,12,14H,4,7-10H2,1H3/t12-/m1/s1. The Morgan fingerprint density at radius 1 is 1.47 bits per heavy atom. The molecule has 1 aliphatic rings. The summed E-state index contributed by atoms with van der Waals surface area (Å²) in [7, 11) is 2.19. The zero-order chi connectivity index (χ0) is 10.5. The summed E-state index contributed by atoms with van der Waals surface area (Å²) in [5.41, 5.74) is 1.35. The van der Waals surface area contributed by atoms with Gasteiger partial charge in [0.1, 0.15) is 0 Å². The van der Waals surface area contributed by atoms with Crippen molar-refractivity contribution in [1.82, 2.24) is 15.2 Å². The fourth-order valence-corrected chi connectivity index (χ4v) is 2.18. The zero-order valence-electron chi connectivity index (χ0n) is 9.32. The van der Waals surface area contributed by atoms with Crippen LogP contribution < -0.4 is 5.32 Å². The lowest BCUT2D eigenvalue weighted by molar-refractivity contribution is 0.278. The first-order chi connectivity index (χ1) is 7.34. The van der Waals surface area contributed by atoms with Gasteiger partial charge in [0.25, 0.3) is 0 Å². The van der Waals surface area contributed by atoms with Crippen molar-refractivity contribution in [2.24, 2.45) is 5.92 Å². The van der Waals surface area contributed by atoms with E-state index in [1.165, 1.54) is 31.6 Å². The Kier molecular flexibility index (Phi) is 3.69. The van der Waals surface area contributed by atoms with E-state index in [0.29, 0.717) is 0 Å². The molecule has 1 N–H and O–H groups in total. The molecule has 1 aliphatic heterocycles. The van der Waals surface area contributed by atoms with Gasteiger partial charge in [-0.15, -0.1) is 0 Å². The third-order valence-electron chi connectivity index (χ3n) is 2.93. The van der Waals surface area contributed by atoms with Gasteiger partial charge >= 0.3 is 0 Å².